The molecule has 1 unspecified atom stereocenters. The minimum Gasteiger partial charge on any atom is -0.266 e. The molecule has 80 valence electrons. The third-order valence-electron chi connectivity index (χ3n) is 2.10. The van der Waals surface area contributed by atoms with Gasteiger partial charge in [0.05, 0.1) is 12.2 Å². The van der Waals surface area contributed by atoms with E-state index in [4.69, 9.17) is 0 Å². The molecule has 0 radical (unpaired) electrons. The molecule has 1 aromatic heterocycles. The fraction of sp³-hybridized carbons (Fsp3) is 0.727. The molecule has 1 atom stereocenters. The largest absolute Gasteiger partial charge is 0.266 e. The lowest BCUT2D eigenvalue weighted by atomic mass is 9.92. The summed E-state index contributed by atoms with van der Waals surface area (Å²) in [5.74, 6) is 0. The monoisotopic (exact) mass is 198 g/mol. The van der Waals surface area contributed by atoms with Gasteiger partial charge in [-0.05, 0) is 19.9 Å². The van der Waals surface area contributed by atoms with Crippen molar-refractivity contribution in [3.63, 3.8) is 0 Å². The van der Waals surface area contributed by atoms with Gasteiger partial charge in [-0.1, -0.05) is 20.8 Å². The van der Waals surface area contributed by atoms with Crippen LogP contribution in [0.4, 0.5) is 4.39 Å². The summed E-state index contributed by atoms with van der Waals surface area (Å²) >= 11 is 0. The molecule has 0 saturated heterocycles. The van der Waals surface area contributed by atoms with Crippen molar-refractivity contribution < 1.29 is 4.39 Å². The predicted octanol–water partition coefficient (Wildman–Crippen LogP) is 2.85. The molecule has 1 aromatic rings. The fourth-order valence-electron chi connectivity index (χ4n) is 1.53. The number of halogens is 1. The number of hydrogen-bond donors (Lipinski definition) is 0. The van der Waals surface area contributed by atoms with Crippen LogP contribution in [0.25, 0.3) is 0 Å². The molecule has 3 heteroatoms. The van der Waals surface area contributed by atoms with E-state index >= 15 is 0 Å². The van der Waals surface area contributed by atoms with Crippen LogP contribution in [0, 0.1) is 6.92 Å². The van der Waals surface area contributed by atoms with Crippen molar-refractivity contribution in [2.24, 2.45) is 0 Å². The fourth-order valence-corrected chi connectivity index (χ4v) is 1.53. The van der Waals surface area contributed by atoms with Crippen molar-refractivity contribution in [3.05, 3.63) is 17.5 Å². The smallest absolute Gasteiger partial charge is 0.117 e. The van der Waals surface area contributed by atoms with E-state index < -0.39 is 6.17 Å². The predicted molar refractivity (Wildman–Crippen MR) is 56.2 cm³/mol. The Morgan fingerprint density at radius 1 is 1.50 bits per heavy atom. The topological polar surface area (TPSA) is 17.8 Å². The van der Waals surface area contributed by atoms with Crippen LogP contribution in [0.5, 0.6) is 0 Å². The zero-order chi connectivity index (χ0) is 10.9. The summed E-state index contributed by atoms with van der Waals surface area (Å²) in [7, 11) is 0. The number of alkyl halides is 1. The van der Waals surface area contributed by atoms with Gasteiger partial charge in [0.15, 0.2) is 0 Å². The van der Waals surface area contributed by atoms with Gasteiger partial charge < -0.3 is 0 Å². The Bertz CT molecular complexity index is 308. The first-order valence-corrected chi connectivity index (χ1v) is 4.99. The Morgan fingerprint density at radius 2 is 2.07 bits per heavy atom. The number of rotatable bonds is 2. The Kier molecular flexibility index (Phi) is 2.98. The molecule has 0 bridgehead atoms. The molecule has 0 N–H and O–H groups in total. The highest BCUT2D eigenvalue weighted by Crippen LogP contribution is 2.23. The van der Waals surface area contributed by atoms with Crippen molar-refractivity contribution in [1.82, 2.24) is 9.78 Å². The van der Waals surface area contributed by atoms with Gasteiger partial charge in [-0.15, -0.1) is 0 Å². The molecule has 14 heavy (non-hydrogen) atoms. The summed E-state index contributed by atoms with van der Waals surface area (Å²) in [5.41, 5.74) is 2.07. The average Bonchev–Trinajstić information content (AvgIpc) is 2.28. The van der Waals surface area contributed by atoms with Crippen molar-refractivity contribution in [3.8, 4) is 0 Å². The van der Waals surface area contributed by atoms with Crippen LogP contribution in [0.3, 0.4) is 0 Å². The van der Waals surface area contributed by atoms with E-state index in [1.807, 2.05) is 13.0 Å². The molecule has 0 aliphatic heterocycles. The van der Waals surface area contributed by atoms with Crippen LogP contribution in [0.1, 0.15) is 39.1 Å². The Balaban J connectivity index is 3.03. The van der Waals surface area contributed by atoms with Crippen LogP contribution < -0.4 is 0 Å². The van der Waals surface area contributed by atoms with E-state index in [1.54, 1.807) is 11.6 Å². The number of hydrogen-bond acceptors (Lipinski definition) is 1. The first-order chi connectivity index (χ1) is 6.30. The third kappa shape index (κ3) is 2.56. The van der Waals surface area contributed by atoms with Crippen molar-refractivity contribution in [2.45, 2.75) is 52.8 Å². The number of aryl methyl sites for hydroxylation is 1. The maximum atomic E-state index is 12.9. The summed E-state index contributed by atoms with van der Waals surface area (Å²) in [4.78, 5) is 0. The minimum atomic E-state index is -0.851. The van der Waals surface area contributed by atoms with Gasteiger partial charge in [0.25, 0.3) is 0 Å². The van der Waals surface area contributed by atoms with Gasteiger partial charge in [-0.3, -0.25) is 4.68 Å². The summed E-state index contributed by atoms with van der Waals surface area (Å²) < 4.78 is 14.7. The molecule has 0 aliphatic carbocycles. The quantitative estimate of drug-likeness (QED) is 0.714. The Labute approximate surface area is 85.1 Å². The maximum Gasteiger partial charge on any atom is 0.117 e. The normalized spacial score (nSPS) is 14.4. The lowest BCUT2D eigenvalue weighted by molar-refractivity contribution is 0.299. The van der Waals surface area contributed by atoms with Gasteiger partial charge in [-0.2, -0.15) is 5.10 Å². The Hall–Kier alpha value is -0.860. The molecular formula is C11H19FN2. The van der Waals surface area contributed by atoms with Gasteiger partial charge in [0.1, 0.15) is 6.17 Å². The van der Waals surface area contributed by atoms with Gasteiger partial charge >= 0.3 is 0 Å². The molecule has 0 aliphatic rings. The highest BCUT2D eigenvalue weighted by Gasteiger charge is 2.20. The first kappa shape index (κ1) is 11.2. The van der Waals surface area contributed by atoms with E-state index in [0.29, 0.717) is 6.54 Å². The standard InChI is InChI=1S/C11H19FN2/c1-8(12)7-14-10(11(3,4)5)6-9(2)13-14/h6,8H,7H2,1-5H3. The third-order valence-corrected chi connectivity index (χ3v) is 2.10. The van der Waals surface area contributed by atoms with E-state index in [9.17, 15) is 4.39 Å². The first-order valence-electron chi connectivity index (χ1n) is 4.99. The summed E-state index contributed by atoms with van der Waals surface area (Å²) in [6, 6.07) is 2.03. The van der Waals surface area contributed by atoms with Gasteiger partial charge in [0, 0.05) is 11.1 Å². The van der Waals surface area contributed by atoms with Crippen molar-refractivity contribution in [2.75, 3.05) is 0 Å². The van der Waals surface area contributed by atoms with Crippen LogP contribution >= 0.6 is 0 Å². The maximum absolute atomic E-state index is 12.9. The molecule has 1 rings (SSSR count). The van der Waals surface area contributed by atoms with Gasteiger partial charge in [-0.25, -0.2) is 4.39 Å². The number of nitrogens with zero attached hydrogens (tertiary/aromatic N) is 2. The second-order valence-electron chi connectivity index (χ2n) is 4.88. The zero-order valence-corrected chi connectivity index (χ0v) is 9.63. The summed E-state index contributed by atoms with van der Waals surface area (Å²) in [6.45, 7) is 10.2. The lowest BCUT2D eigenvalue weighted by Gasteiger charge is -2.20. The minimum absolute atomic E-state index is 0.0240. The van der Waals surface area contributed by atoms with E-state index in [1.165, 1.54) is 0 Å². The van der Waals surface area contributed by atoms with Crippen LogP contribution in [0.15, 0.2) is 6.07 Å². The number of aromatic nitrogens is 2. The molecule has 0 amide bonds. The molecule has 0 spiro atoms. The molecule has 2 nitrogen and oxygen atoms in total. The van der Waals surface area contributed by atoms with E-state index in [2.05, 4.69) is 25.9 Å². The second kappa shape index (κ2) is 3.71. The SMILES string of the molecule is Cc1cc(C(C)(C)C)n(CC(C)F)n1. The van der Waals surface area contributed by atoms with E-state index in [-0.39, 0.29) is 5.41 Å². The molecular weight excluding hydrogens is 179 g/mol. The van der Waals surface area contributed by atoms with Crippen molar-refractivity contribution >= 4 is 0 Å². The second-order valence-corrected chi connectivity index (χ2v) is 4.88. The Morgan fingerprint density at radius 3 is 2.50 bits per heavy atom. The van der Waals surface area contributed by atoms with Crippen molar-refractivity contribution in [1.29, 1.82) is 0 Å². The highest BCUT2D eigenvalue weighted by atomic mass is 19.1. The highest BCUT2D eigenvalue weighted by molar-refractivity contribution is 5.17. The molecule has 0 aromatic carbocycles. The molecule has 0 saturated carbocycles. The lowest BCUT2D eigenvalue weighted by Crippen LogP contribution is -2.21. The van der Waals surface area contributed by atoms with Crippen LogP contribution in [-0.4, -0.2) is 16.0 Å². The molecule has 1 heterocycles. The molecule has 0 fully saturated rings. The van der Waals surface area contributed by atoms with Crippen LogP contribution in [0.2, 0.25) is 0 Å². The average molecular weight is 198 g/mol. The van der Waals surface area contributed by atoms with E-state index in [0.717, 1.165) is 11.4 Å². The zero-order valence-electron chi connectivity index (χ0n) is 9.63. The summed E-state index contributed by atoms with van der Waals surface area (Å²) in [6.07, 6.45) is -0.851. The van der Waals surface area contributed by atoms with Crippen LogP contribution in [-0.2, 0) is 12.0 Å². The van der Waals surface area contributed by atoms with Gasteiger partial charge in [0.2, 0.25) is 0 Å². The summed E-state index contributed by atoms with van der Waals surface area (Å²) in [5, 5.41) is 4.29.